The minimum Gasteiger partial charge on any atom is -0.376 e. The predicted molar refractivity (Wildman–Crippen MR) is 73.2 cm³/mol. The number of nitrogens with zero attached hydrogens (tertiary/aromatic N) is 1. The van der Waals surface area contributed by atoms with Crippen molar-refractivity contribution in [2.24, 2.45) is 5.73 Å². The standard InChI is InChI=1S/C14H30N2O/c1-3-5-6-7-8-13(11-15)16-9-10-17-14(4-2)12-16/h13-14H,3-12,15H2,1-2H3. The summed E-state index contributed by atoms with van der Waals surface area (Å²) < 4.78 is 5.71. The molecular weight excluding hydrogens is 212 g/mol. The molecule has 17 heavy (non-hydrogen) atoms. The second-order valence-electron chi connectivity index (χ2n) is 5.13. The Morgan fingerprint density at radius 3 is 2.76 bits per heavy atom. The summed E-state index contributed by atoms with van der Waals surface area (Å²) in [6.07, 6.45) is 8.14. The first-order valence-electron chi connectivity index (χ1n) is 7.37. The number of rotatable bonds is 8. The maximum atomic E-state index is 5.92. The summed E-state index contributed by atoms with van der Waals surface area (Å²) >= 11 is 0. The highest BCUT2D eigenvalue weighted by molar-refractivity contribution is 4.78. The van der Waals surface area contributed by atoms with Gasteiger partial charge in [-0.25, -0.2) is 0 Å². The van der Waals surface area contributed by atoms with E-state index in [0.717, 1.165) is 32.7 Å². The second-order valence-corrected chi connectivity index (χ2v) is 5.13. The molecule has 0 aromatic heterocycles. The molecule has 1 fully saturated rings. The van der Waals surface area contributed by atoms with Crippen LogP contribution >= 0.6 is 0 Å². The molecule has 2 unspecified atom stereocenters. The molecule has 0 radical (unpaired) electrons. The van der Waals surface area contributed by atoms with Gasteiger partial charge in [-0.2, -0.15) is 0 Å². The highest BCUT2D eigenvalue weighted by Gasteiger charge is 2.24. The third-order valence-corrected chi connectivity index (χ3v) is 3.80. The van der Waals surface area contributed by atoms with E-state index in [0.29, 0.717) is 12.1 Å². The summed E-state index contributed by atoms with van der Waals surface area (Å²) in [6.45, 7) is 8.27. The Kier molecular flexibility index (Phi) is 7.82. The molecule has 1 saturated heterocycles. The van der Waals surface area contributed by atoms with Gasteiger partial charge in [0.25, 0.3) is 0 Å². The zero-order valence-corrected chi connectivity index (χ0v) is 11.7. The molecule has 0 aromatic rings. The average molecular weight is 242 g/mol. The number of hydrogen-bond acceptors (Lipinski definition) is 3. The van der Waals surface area contributed by atoms with Crippen molar-refractivity contribution < 1.29 is 4.74 Å². The Morgan fingerprint density at radius 1 is 1.29 bits per heavy atom. The van der Waals surface area contributed by atoms with Gasteiger partial charge < -0.3 is 10.5 Å². The van der Waals surface area contributed by atoms with Crippen LogP contribution in [0.5, 0.6) is 0 Å². The first-order chi connectivity index (χ1) is 8.31. The van der Waals surface area contributed by atoms with Crippen LogP contribution in [0.15, 0.2) is 0 Å². The highest BCUT2D eigenvalue weighted by atomic mass is 16.5. The summed E-state index contributed by atoms with van der Waals surface area (Å²) in [6, 6.07) is 0.574. The van der Waals surface area contributed by atoms with E-state index in [1.807, 2.05) is 0 Å². The van der Waals surface area contributed by atoms with Crippen LogP contribution < -0.4 is 5.73 Å². The zero-order valence-electron chi connectivity index (χ0n) is 11.7. The quantitative estimate of drug-likeness (QED) is 0.664. The maximum Gasteiger partial charge on any atom is 0.0700 e. The molecule has 1 heterocycles. The van der Waals surface area contributed by atoms with Crippen molar-refractivity contribution in [2.45, 2.75) is 64.5 Å². The molecule has 0 spiro atoms. The topological polar surface area (TPSA) is 38.5 Å². The Labute approximate surface area is 107 Å². The highest BCUT2D eigenvalue weighted by Crippen LogP contribution is 2.15. The normalized spacial score (nSPS) is 23.8. The van der Waals surface area contributed by atoms with E-state index in [9.17, 15) is 0 Å². The summed E-state index contributed by atoms with van der Waals surface area (Å²) in [5.74, 6) is 0. The molecule has 0 amide bonds. The monoisotopic (exact) mass is 242 g/mol. The second kappa shape index (κ2) is 8.90. The van der Waals surface area contributed by atoms with Crippen LogP contribution in [-0.2, 0) is 4.74 Å². The van der Waals surface area contributed by atoms with Gasteiger partial charge in [-0.3, -0.25) is 4.90 Å². The number of morpholine rings is 1. The maximum absolute atomic E-state index is 5.92. The molecule has 2 atom stereocenters. The molecule has 1 aliphatic rings. The van der Waals surface area contributed by atoms with Crippen molar-refractivity contribution in [1.82, 2.24) is 4.90 Å². The number of hydrogen-bond donors (Lipinski definition) is 1. The van der Waals surface area contributed by atoms with Crippen molar-refractivity contribution in [3.8, 4) is 0 Å². The molecule has 2 N–H and O–H groups in total. The Bertz CT molecular complexity index is 187. The Hall–Kier alpha value is -0.120. The van der Waals surface area contributed by atoms with Gasteiger partial charge in [0.2, 0.25) is 0 Å². The van der Waals surface area contributed by atoms with E-state index in [4.69, 9.17) is 10.5 Å². The van der Waals surface area contributed by atoms with E-state index >= 15 is 0 Å². The van der Waals surface area contributed by atoms with Crippen LogP contribution in [0.2, 0.25) is 0 Å². The van der Waals surface area contributed by atoms with E-state index in [-0.39, 0.29) is 0 Å². The molecule has 0 saturated carbocycles. The zero-order chi connectivity index (χ0) is 12.5. The van der Waals surface area contributed by atoms with Gasteiger partial charge in [-0.05, 0) is 12.8 Å². The van der Waals surface area contributed by atoms with E-state index in [1.54, 1.807) is 0 Å². The Balaban J connectivity index is 2.27. The molecule has 0 bridgehead atoms. The molecule has 102 valence electrons. The minimum absolute atomic E-state index is 0.424. The number of nitrogens with two attached hydrogens (primary N) is 1. The molecule has 3 heteroatoms. The van der Waals surface area contributed by atoms with Crippen LogP contribution in [0.4, 0.5) is 0 Å². The average Bonchev–Trinajstić information content (AvgIpc) is 2.39. The minimum atomic E-state index is 0.424. The van der Waals surface area contributed by atoms with E-state index < -0.39 is 0 Å². The van der Waals surface area contributed by atoms with Crippen molar-refractivity contribution in [1.29, 1.82) is 0 Å². The lowest BCUT2D eigenvalue weighted by atomic mass is 10.0. The van der Waals surface area contributed by atoms with Gasteiger partial charge in [-0.15, -0.1) is 0 Å². The van der Waals surface area contributed by atoms with Gasteiger partial charge in [0.1, 0.15) is 0 Å². The lowest BCUT2D eigenvalue weighted by Gasteiger charge is -2.37. The van der Waals surface area contributed by atoms with E-state index in [1.165, 1.54) is 32.1 Å². The van der Waals surface area contributed by atoms with Gasteiger partial charge >= 0.3 is 0 Å². The first-order valence-corrected chi connectivity index (χ1v) is 7.37. The van der Waals surface area contributed by atoms with Crippen LogP contribution in [-0.4, -0.2) is 43.3 Å². The smallest absolute Gasteiger partial charge is 0.0700 e. The van der Waals surface area contributed by atoms with Crippen molar-refractivity contribution in [2.75, 3.05) is 26.2 Å². The molecule has 1 aliphatic heterocycles. The molecule has 0 aliphatic carbocycles. The summed E-state index contributed by atoms with van der Waals surface area (Å²) in [5.41, 5.74) is 5.92. The van der Waals surface area contributed by atoms with Crippen LogP contribution in [0.1, 0.15) is 52.4 Å². The van der Waals surface area contributed by atoms with Gasteiger partial charge in [0, 0.05) is 25.7 Å². The number of ether oxygens (including phenoxy) is 1. The lowest BCUT2D eigenvalue weighted by Crippen LogP contribution is -2.50. The summed E-state index contributed by atoms with van der Waals surface area (Å²) in [7, 11) is 0. The van der Waals surface area contributed by atoms with Crippen molar-refractivity contribution in [3.63, 3.8) is 0 Å². The summed E-state index contributed by atoms with van der Waals surface area (Å²) in [4.78, 5) is 2.55. The van der Waals surface area contributed by atoms with Crippen molar-refractivity contribution in [3.05, 3.63) is 0 Å². The van der Waals surface area contributed by atoms with Gasteiger partial charge in [-0.1, -0.05) is 39.5 Å². The van der Waals surface area contributed by atoms with Crippen LogP contribution in [0.3, 0.4) is 0 Å². The van der Waals surface area contributed by atoms with Gasteiger partial charge in [0.05, 0.1) is 12.7 Å². The molecular formula is C14H30N2O. The third kappa shape index (κ3) is 5.36. The third-order valence-electron chi connectivity index (χ3n) is 3.80. The van der Waals surface area contributed by atoms with Crippen molar-refractivity contribution >= 4 is 0 Å². The van der Waals surface area contributed by atoms with Gasteiger partial charge in [0.15, 0.2) is 0 Å². The number of unbranched alkanes of at least 4 members (excludes halogenated alkanes) is 3. The fraction of sp³-hybridized carbons (Fsp3) is 1.00. The fourth-order valence-corrected chi connectivity index (χ4v) is 2.58. The summed E-state index contributed by atoms with van der Waals surface area (Å²) in [5, 5.41) is 0. The lowest BCUT2D eigenvalue weighted by molar-refractivity contribution is -0.0444. The van der Waals surface area contributed by atoms with E-state index in [2.05, 4.69) is 18.7 Å². The fourth-order valence-electron chi connectivity index (χ4n) is 2.58. The SMILES string of the molecule is CCCCCCC(CN)N1CCOC(CC)C1. The molecule has 0 aromatic carbocycles. The largest absolute Gasteiger partial charge is 0.376 e. The molecule has 3 nitrogen and oxygen atoms in total. The predicted octanol–water partition coefficient (Wildman–Crippen LogP) is 2.39. The van der Waals surface area contributed by atoms with Crippen LogP contribution in [0.25, 0.3) is 0 Å². The van der Waals surface area contributed by atoms with Crippen LogP contribution in [0, 0.1) is 0 Å². The molecule has 1 rings (SSSR count). The first kappa shape index (κ1) is 14.9. The Morgan fingerprint density at radius 2 is 2.12 bits per heavy atom.